The molecule has 0 aliphatic heterocycles. The lowest BCUT2D eigenvalue weighted by Gasteiger charge is -2.09. The SMILES string of the molecule is CC(C)c1ccc(NC(=O)CCNCCc2ccccc2)cc1. The molecular weight excluding hydrogens is 284 g/mol. The van der Waals surface area contributed by atoms with Crippen LogP contribution in [0.4, 0.5) is 5.69 Å². The third-order valence-electron chi connectivity index (χ3n) is 3.82. The molecule has 0 saturated carbocycles. The Balaban J connectivity index is 1.63. The van der Waals surface area contributed by atoms with Crippen LogP contribution in [0.25, 0.3) is 0 Å². The topological polar surface area (TPSA) is 41.1 Å². The van der Waals surface area contributed by atoms with E-state index in [9.17, 15) is 4.79 Å². The third kappa shape index (κ3) is 6.25. The van der Waals surface area contributed by atoms with Gasteiger partial charge in [-0.2, -0.15) is 0 Å². The Hall–Kier alpha value is -2.13. The molecule has 3 nitrogen and oxygen atoms in total. The quantitative estimate of drug-likeness (QED) is 0.724. The fourth-order valence-electron chi connectivity index (χ4n) is 2.38. The van der Waals surface area contributed by atoms with Gasteiger partial charge in [0.05, 0.1) is 0 Å². The maximum Gasteiger partial charge on any atom is 0.225 e. The molecule has 23 heavy (non-hydrogen) atoms. The molecule has 0 radical (unpaired) electrons. The van der Waals surface area contributed by atoms with Crippen molar-refractivity contribution in [1.82, 2.24) is 5.32 Å². The molecule has 3 heteroatoms. The van der Waals surface area contributed by atoms with Gasteiger partial charge in [0.15, 0.2) is 0 Å². The first-order valence-electron chi connectivity index (χ1n) is 8.29. The first-order valence-corrected chi connectivity index (χ1v) is 8.29. The van der Waals surface area contributed by atoms with Crippen LogP contribution in [-0.4, -0.2) is 19.0 Å². The lowest BCUT2D eigenvalue weighted by molar-refractivity contribution is -0.116. The van der Waals surface area contributed by atoms with Crippen molar-refractivity contribution < 1.29 is 4.79 Å². The molecule has 0 aromatic heterocycles. The number of nitrogens with one attached hydrogen (secondary N) is 2. The molecule has 0 aliphatic rings. The van der Waals surface area contributed by atoms with E-state index >= 15 is 0 Å². The number of hydrogen-bond acceptors (Lipinski definition) is 2. The fraction of sp³-hybridized carbons (Fsp3) is 0.350. The van der Waals surface area contributed by atoms with Crippen LogP contribution in [0, 0.1) is 0 Å². The normalized spacial score (nSPS) is 10.7. The molecule has 2 N–H and O–H groups in total. The van der Waals surface area contributed by atoms with E-state index in [-0.39, 0.29) is 5.91 Å². The Morgan fingerprint density at radius 1 is 0.957 bits per heavy atom. The largest absolute Gasteiger partial charge is 0.326 e. The number of amides is 1. The first-order chi connectivity index (χ1) is 11.1. The minimum atomic E-state index is 0.0505. The second-order valence-electron chi connectivity index (χ2n) is 6.06. The highest BCUT2D eigenvalue weighted by Gasteiger charge is 2.03. The summed E-state index contributed by atoms with van der Waals surface area (Å²) >= 11 is 0. The Morgan fingerprint density at radius 3 is 2.30 bits per heavy atom. The molecule has 0 atom stereocenters. The van der Waals surface area contributed by atoms with Crippen LogP contribution < -0.4 is 10.6 Å². The average Bonchev–Trinajstić information content (AvgIpc) is 2.56. The summed E-state index contributed by atoms with van der Waals surface area (Å²) in [6, 6.07) is 18.4. The smallest absolute Gasteiger partial charge is 0.225 e. The summed E-state index contributed by atoms with van der Waals surface area (Å²) in [5.74, 6) is 0.558. The number of anilines is 1. The maximum absolute atomic E-state index is 11.9. The second-order valence-corrected chi connectivity index (χ2v) is 6.06. The second kappa shape index (κ2) is 9.11. The van der Waals surface area contributed by atoms with Crippen LogP contribution in [0.2, 0.25) is 0 Å². The van der Waals surface area contributed by atoms with E-state index in [1.807, 2.05) is 30.3 Å². The predicted molar refractivity (Wildman–Crippen MR) is 96.8 cm³/mol. The summed E-state index contributed by atoms with van der Waals surface area (Å²) in [5.41, 5.74) is 3.46. The van der Waals surface area contributed by atoms with Crippen molar-refractivity contribution in [1.29, 1.82) is 0 Å². The summed E-state index contributed by atoms with van der Waals surface area (Å²) < 4.78 is 0. The molecule has 0 saturated heterocycles. The molecule has 2 aromatic rings. The number of benzene rings is 2. The first kappa shape index (κ1) is 17.2. The lowest BCUT2D eigenvalue weighted by atomic mass is 10.0. The van der Waals surface area contributed by atoms with Crippen molar-refractivity contribution in [2.24, 2.45) is 0 Å². The number of rotatable bonds is 8. The van der Waals surface area contributed by atoms with Crippen molar-refractivity contribution in [3.05, 3.63) is 65.7 Å². The van der Waals surface area contributed by atoms with Crippen molar-refractivity contribution in [3.63, 3.8) is 0 Å². The minimum Gasteiger partial charge on any atom is -0.326 e. The molecular formula is C20H26N2O. The van der Waals surface area contributed by atoms with Gasteiger partial charge in [-0.05, 0) is 42.1 Å². The van der Waals surface area contributed by atoms with Crippen LogP contribution in [0.15, 0.2) is 54.6 Å². The van der Waals surface area contributed by atoms with Crippen LogP contribution in [0.1, 0.15) is 37.3 Å². The summed E-state index contributed by atoms with van der Waals surface area (Å²) in [4.78, 5) is 11.9. The third-order valence-corrected chi connectivity index (χ3v) is 3.82. The highest BCUT2D eigenvalue weighted by atomic mass is 16.1. The van der Waals surface area contributed by atoms with Gasteiger partial charge in [0.25, 0.3) is 0 Å². The molecule has 122 valence electrons. The zero-order valence-electron chi connectivity index (χ0n) is 14.0. The monoisotopic (exact) mass is 310 g/mol. The summed E-state index contributed by atoms with van der Waals surface area (Å²) in [5, 5.41) is 6.25. The lowest BCUT2D eigenvalue weighted by Crippen LogP contribution is -2.23. The Bertz CT molecular complexity index is 591. The van der Waals surface area contributed by atoms with E-state index in [0.717, 1.165) is 18.7 Å². The molecule has 0 unspecified atom stereocenters. The fourth-order valence-corrected chi connectivity index (χ4v) is 2.38. The van der Waals surface area contributed by atoms with E-state index in [4.69, 9.17) is 0 Å². The number of carbonyl (C=O) groups excluding carboxylic acids is 1. The van der Waals surface area contributed by atoms with Gasteiger partial charge in [-0.15, -0.1) is 0 Å². The highest BCUT2D eigenvalue weighted by molar-refractivity contribution is 5.90. The van der Waals surface area contributed by atoms with Crippen LogP contribution in [0.3, 0.4) is 0 Å². The van der Waals surface area contributed by atoms with E-state index in [0.29, 0.717) is 18.9 Å². The van der Waals surface area contributed by atoms with Crippen LogP contribution in [0.5, 0.6) is 0 Å². The summed E-state index contributed by atoms with van der Waals surface area (Å²) in [7, 11) is 0. The molecule has 0 aliphatic carbocycles. The summed E-state index contributed by atoms with van der Waals surface area (Å²) in [6.07, 6.45) is 1.47. The van der Waals surface area contributed by atoms with E-state index in [1.165, 1.54) is 11.1 Å². The molecule has 1 amide bonds. The summed E-state index contributed by atoms with van der Waals surface area (Å²) in [6.45, 7) is 5.91. The minimum absolute atomic E-state index is 0.0505. The molecule has 2 rings (SSSR count). The molecule has 0 fully saturated rings. The van der Waals surface area contributed by atoms with E-state index in [2.05, 4.69) is 48.7 Å². The zero-order valence-corrected chi connectivity index (χ0v) is 14.0. The van der Waals surface area contributed by atoms with Gasteiger partial charge in [0.2, 0.25) is 5.91 Å². The Labute approximate surface area is 139 Å². The predicted octanol–water partition coefficient (Wildman–Crippen LogP) is 3.97. The molecule has 2 aromatic carbocycles. The number of hydrogen-bond donors (Lipinski definition) is 2. The Morgan fingerprint density at radius 2 is 1.65 bits per heavy atom. The Kier molecular flexibility index (Phi) is 6.82. The van der Waals surface area contributed by atoms with Crippen LogP contribution in [-0.2, 0) is 11.2 Å². The molecule has 0 spiro atoms. The standard InChI is InChI=1S/C20H26N2O/c1-16(2)18-8-10-19(11-9-18)22-20(23)13-15-21-14-12-17-6-4-3-5-7-17/h3-11,16,21H,12-15H2,1-2H3,(H,22,23). The van der Waals surface area contributed by atoms with Gasteiger partial charge >= 0.3 is 0 Å². The van der Waals surface area contributed by atoms with E-state index < -0.39 is 0 Å². The van der Waals surface area contributed by atoms with Crippen molar-refractivity contribution in [3.8, 4) is 0 Å². The van der Waals surface area contributed by atoms with Gasteiger partial charge in [-0.25, -0.2) is 0 Å². The van der Waals surface area contributed by atoms with Crippen LogP contribution >= 0.6 is 0 Å². The molecule has 0 heterocycles. The van der Waals surface area contributed by atoms with Crippen molar-refractivity contribution in [2.45, 2.75) is 32.6 Å². The van der Waals surface area contributed by atoms with Gasteiger partial charge < -0.3 is 10.6 Å². The van der Waals surface area contributed by atoms with Gasteiger partial charge in [0.1, 0.15) is 0 Å². The van der Waals surface area contributed by atoms with Gasteiger partial charge in [-0.3, -0.25) is 4.79 Å². The van der Waals surface area contributed by atoms with Gasteiger partial charge in [0, 0.05) is 18.7 Å². The zero-order chi connectivity index (χ0) is 16.5. The van der Waals surface area contributed by atoms with Crippen molar-refractivity contribution in [2.75, 3.05) is 18.4 Å². The molecule has 0 bridgehead atoms. The highest BCUT2D eigenvalue weighted by Crippen LogP contribution is 2.17. The van der Waals surface area contributed by atoms with E-state index in [1.54, 1.807) is 0 Å². The van der Waals surface area contributed by atoms with Gasteiger partial charge in [-0.1, -0.05) is 56.3 Å². The number of carbonyl (C=O) groups is 1. The van der Waals surface area contributed by atoms with Crippen molar-refractivity contribution >= 4 is 11.6 Å². The average molecular weight is 310 g/mol. The maximum atomic E-state index is 11.9.